The summed E-state index contributed by atoms with van der Waals surface area (Å²) in [6.45, 7) is 3.50. The normalized spacial score (nSPS) is 10.1. The highest BCUT2D eigenvalue weighted by Gasteiger charge is 2.01. The largest absolute Gasteiger partial charge is 0.465 e. The summed E-state index contributed by atoms with van der Waals surface area (Å²) < 4.78 is 5.01. The van der Waals surface area contributed by atoms with Crippen molar-refractivity contribution in [2.75, 3.05) is 13.2 Å². The van der Waals surface area contributed by atoms with E-state index >= 15 is 0 Å². The lowest BCUT2D eigenvalue weighted by molar-refractivity contribution is -0.142. The van der Waals surface area contributed by atoms with Gasteiger partial charge in [-0.25, -0.2) is 0 Å². The molecule has 0 aliphatic carbocycles. The van der Waals surface area contributed by atoms with E-state index in [2.05, 4.69) is 17.2 Å². The number of aromatic nitrogens is 1. The maximum Gasteiger partial charge on any atom is 0.319 e. The predicted octanol–water partition coefficient (Wildman–Crippen LogP) is 1.51. The molecule has 1 aromatic rings. The zero-order chi connectivity index (χ0) is 11.6. The molecule has 0 saturated carbocycles. The minimum atomic E-state index is -0.192. The molecule has 1 N–H and O–H groups in total. The molecule has 1 rings (SSSR count). The molecule has 0 unspecified atom stereocenters. The molecular formula is C12H18N2O2. The topological polar surface area (TPSA) is 51.2 Å². The highest BCUT2D eigenvalue weighted by molar-refractivity contribution is 5.71. The molecule has 0 radical (unpaired) electrons. The van der Waals surface area contributed by atoms with Crippen molar-refractivity contribution >= 4 is 5.97 Å². The van der Waals surface area contributed by atoms with Crippen LogP contribution >= 0.6 is 0 Å². The minimum absolute atomic E-state index is 0.192. The van der Waals surface area contributed by atoms with Crippen LogP contribution in [0.2, 0.25) is 0 Å². The lowest BCUT2D eigenvalue weighted by Gasteiger charge is -2.05. The molecule has 0 bridgehead atoms. The first-order valence-electron chi connectivity index (χ1n) is 5.58. The van der Waals surface area contributed by atoms with Gasteiger partial charge in [-0.1, -0.05) is 13.3 Å². The van der Waals surface area contributed by atoms with Gasteiger partial charge in [0.2, 0.25) is 0 Å². The second-order valence-corrected chi connectivity index (χ2v) is 3.53. The van der Waals surface area contributed by atoms with Gasteiger partial charge in [-0.05, 0) is 24.1 Å². The fraction of sp³-hybridized carbons (Fsp3) is 0.500. The highest BCUT2D eigenvalue weighted by Crippen LogP contribution is 1.94. The number of pyridine rings is 1. The molecular weight excluding hydrogens is 204 g/mol. The van der Waals surface area contributed by atoms with Crippen LogP contribution in [-0.4, -0.2) is 24.1 Å². The van der Waals surface area contributed by atoms with E-state index in [1.165, 1.54) is 0 Å². The number of hydrogen-bond donors (Lipinski definition) is 1. The fourth-order valence-electron chi connectivity index (χ4n) is 1.19. The van der Waals surface area contributed by atoms with E-state index < -0.39 is 0 Å². The van der Waals surface area contributed by atoms with E-state index in [4.69, 9.17) is 4.74 Å². The third-order valence-corrected chi connectivity index (χ3v) is 2.11. The Bertz CT molecular complexity index is 301. The summed E-state index contributed by atoms with van der Waals surface area (Å²) in [5.41, 5.74) is 1.11. The summed E-state index contributed by atoms with van der Waals surface area (Å²) in [4.78, 5) is 15.1. The number of esters is 1. The second-order valence-electron chi connectivity index (χ2n) is 3.53. The van der Waals surface area contributed by atoms with Gasteiger partial charge in [-0.15, -0.1) is 0 Å². The third-order valence-electron chi connectivity index (χ3n) is 2.11. The first kappa shape index (κ1) is 12.6. The Hall–Kier alpha value is -1.42. The Morgan fingerprint density at radius 2 is 2.19 bits per heavy atom. The van der Waals surface area contributed by atoms with Crippen LogP contribution in [0.1, 0.15) is 25.3 Å². The lowest BCUT2D eigenvalue weighted by Crippen LogP contribution is -2.24. The Balaban J connectivity index is 2.09. The lowest BCUT2D eigenvalue weighted by atomic mass is 10.3. The van der Waals surface area contributed by atoms with E-state index in [1.54, 1.807) is 12.4 Å². The van der Waals surface area contributed by atoms with Crippen molar-refractivity contribution in [3.05, 3.63) is 30.1 Å². The van der Waals surface area contributed by atoms with Gasteiger partial charge >= 0.3 is 5.97 Å². The average Bonchev–Trinajstić information content (AvgIpc) is 2.31. The van der Waals surface area contributed by atoms with Crippen LogP contribution in [0.15, 0.2) is 24.5 Å². The molecule has 4 nitrogen and oxygen atoms in total. The standard InChI is InChI=1S/C12H18N2O2/c1-2-3-8-16-12(15)10-14-9-11-4-6-13-7-5-11/h4-7,14H,2-3,8-10H2,1H3. The number of hydrogen-bond acceptors (Lipinski definition) is 4. The van der Waals surface area contributed by atoms with Crippen molar-refractivity contribution in [1.29, 1.82) is 0 Å². The van der Waals surface area contributed by atoms with Gasteiger partial charge in [0.1, 0.15) is 0 Å². The summed E-state index contributed by atoms with van der Waals surface area (Å²) >= 11 is 0. The molecule has 1 heterocycles. The summed E-state index contributed by atoms with van der Waals surface area (Å²) in [6.07, 6.45) is 5.43. The summed E-state index contributed by atoms with van der Waals surface area (Å²) in [5.74, 6) is -0.192. The molecule has 4 heteroatoms. The smallest absolute Gasteiger partial charge is 0.319 e. The Kier molecular flexibility index (Phi) is 6.18. The van der Waals surface area contributed by atoms with Gasteiger partial charge in [0, 0.05) is 18.9 Å². The van der Waals surface area contributed by atoms with Crippen LogP contribution in [0.4, 0.5) is 0 Å². The Morgan fingerprint density at radius 3 is 2.88 bits per heavy atom. The van der Waals surface area contributed by atoms with Gasteiger partial charge in [0.05, 0.1) is 13.2 Å². The zero-order valence-electron chi connectivity index (χ0n) is 9.61. The molecule has 16 heavy (non-hydrogen) atoms. The summed E-state index contributed by atoms with van der Waals surface area (Å²) in [5, 5.41) is 3.03. The molecule has 0 fully saturated rings. The van der Waals surface area contributed by atoms with E-state index in [-0.39, 0.29) is 12.5 Å². The number of rotatable bonds is 7. The number of nitrogens with one attached hydrogen (secondary N) is 1. The molecule has 0 aliphatic rings. The van der Waals surface area contributed by atoms with Crippen molar-refractivity contribution in [2.45, 2.75) is 26.3 Å². The number of nitrogens with zero attached hydrogens (tertiary/aromatic N) is 1. The number of carbonyl (C=O) groups excluding carboxylic acids is 1. The van der Waals surface area contributed by atoms with E-state index in [1.807, 2.05) is 12.1 Å². The number of unbranched alkanes of at least 4 members (excludes halogenated alkanes) is 1. The first-order valence-corrected chi connectivity index (χ1v) is 5.58. The predicted molar refractivity (Wildman–Crippen MR) is 61.8 cm³/mol. The van der Waals surface area contributed by atoms with Crippen molar-refractivity contribution in [3.8, 4) is 0 Å². The quantitative estimate of drug-likeness (QED) is 0.561. The second kappa shape index (κ2) is 7.82. The van der Waals surface area contributed by atoms with Crippen LogP contribution in [0.25, 0.3) is 0 Å². The van der Waals surface area contributed by atoms with Gasteiger partial charge in [0.15, 0.2) is 0 Å². The SMILES string of the molecule is CCCCOC(=O)CNCc1ccncc1. The Labute approximate surface area is 96.0 Å². The maximum absolute atomic E-state index is 11.2. The van der Waals surface area contributed by atoms with Crippen LogP contribution in [0, 0.1) is 0 Å². The van der Waals surface area contributed by atoms with Crippen molar-refractivity contribution in [3.63, 3.8) is 0 Å². The number of ether oxygens (including phenoxy) is 1. The van der Waals surface area contributed by atoms with Gasteiger partial charge in [-0.2, -0.15) is 0 Å². The van der Waals surface area contributed by atoms with Crippen molar-refractivity contribution < 1.29 is 9.53 Å². The first-order chi connectivity index (χ1) is 7.83. The third kappa shape index (κ3) is 5.46. The summed E-state index contributed by atoms with van der Waals surface area (Å²) in [6, 6.07) is 3.82. The molecule has 0 spiro atoms. The zero-order valence-corrected chi connectivity index (χ0v) is 9.61. The average molecular weight is 222 g/mol. The van der Waals surface area contributed by atoms with Gasteiger partial charge < -0.3 is 10.1 Å². The van der Waals surface area contributed by atoms with Crippen LogP contribution in [0.3, 0.4) is 0 Å². The molecule has 88 valence electrons. The van der Waals surface area contributed by atoms with Gasteiger partial charge in [0.25, 0.3) is 0 Å². The molecule has 0 aromatic carbocycles. The van der Waals surface area contributed by atoms with Gasteiger partial charge in [-0.3, -0.25) is 9.78 Å². The maximum atomic E-state index is 11.2. The fourth-order valence-corrected chi connectivity index (χ4v) is 1.19. The molecule has 0 amide bonds. The van der Waals surface area contributed by atoms with Crippen molar-refractivity contribution in [1.82, 2.24) is 10.3 Å². The van der Waals surface area contributed by atoms with Crippen molar-refractivity contribution in [2.24, 2.45) is 0 Å². The molecule has 1 aromatic heterocycles. The molecule has 0 saturated heterocycles. The summed E-state index contributed by atoms with van der Waals surface area (Å²) in [7, 11) is 0. The monoisotopic (exact) mass is 222 g/mol. The van der Waals surface area contributed by atoms with E-state index in [0.717, 1.165) is 18.4 Å². The number of carbonyl (C=O) groups is 1. The molecule has 0 atom stereocenters. The Morgan fingerprint density at radius 1 is 1.44 bits per heavy atom. The molecule has 0 aliphatic heterocycles. The van der Waals surface area contributed by atoms with Crippen LogP contribution in [0.5, 0.6) is 0 Å². The van der Waals surface area contributed by atoms with Crippen LogP contribution in [-0.2, 0) is 16.1 Å². The minimum Gasteiger partial charge on any atom is -0.465 e. The van der Waals surface area contributed by atoms with E-state index in [0.29, 0.717) is 13.2 Å². The van der Waals surface area contributed by atoms with Crippen LogP contribution < -0.4 is 5.32 Å². The highest BCUT2D eigenvalue weighted by atomic mass is 16.5. The van der Waals surface area contributed by atoms with E-state index in [9.17, 15) is 4.79 Å².